The van der Waals surface area contributed by atoms with Crippen LogP contribution in [0, 0.1) is 34.4 Å². The van der Waals surface area contributed by atoms with E-state index in [1.165, 1.54) is 24.7 Å². The van der Waals surface area contributed by atoms with Gasteiger partial charge in [0.25, 0.3) is 0 Å². The van der Waals surface area contributed by atoms with Crippen molar-refractivity contribution >= 4 is 23.7 Å². The van der Waals surface area contributed by atoms with Crippen LogP contribution in [0.15, 0.2) is 47.3 Å². The number of hydrogen-bond acceptors (Lipinski definition) is 7. The molecule has 0 radical (unpaired) electrons. The Labute approximate surface area is 206 Å². The van der Waals surface area contributed by atoms with E-state index in [0.29, 0.717) is 24.8 Å². The number of Topliss-reactive ketones (excluding diaryl/α,β-unsaturated/α-hetero) is 1. The first kappa shape index (κ1) is 24.2. The van der Waals surface area contributed by atoms with Crippen molar-refractivity contribution < 1.29 is 42.6 Å². The molecule has 2 heterocycles. The predicted molar refractivity (Wildman–Crippen MR) is 121 cm³/mol. The maximum absolute atomic E-state index is 14.0. The van der Waals surface area contributed by atoms with Gasteiger partial charge >= 0.3 is 17.9 Å². The number of furan rings is 1. The van der Waals surface area contributed by atoms with Gasteiger partial charge in [-0.2, -0.15) is 0 Å². The number of halogens is 1. The van der Waals surface area contributed by atoms with Gasteiger partial charge in [-0.15, -0.1) is 0 Å². The number of esters is 2. The number of hydrogen-bond donors (Lipinski definition) is 1. The normalized spacial score (nSPS) is 35.8. The molecule has 0 spiro atoms. The molecule has 3 aliphatic rings. The molecular formula is C27H27FO8. The Hall–Kier alpha value is -3.49. The molecule has 9 heteroatoms. The molecule has 1 aromatic heterocycles. The van der Waals surface area contributed by atoms with Crippen LogP contribution in [0.4, 0.5) is 4.39 Å². The minimum Gasteiger partial charge on any atom is -0.481 e. The molecule has 2 saturated carbocycles. The molecule has 36 heavy (non-hydrogen) atoms. The van der Waals surface area contributed by atoms with Crippen LogP contribution in [0.1, 0.15) is 61.6 Å². The van der Waals surface area contributed by atoms with E-state index in [4.69, 9.17) is 13.9 Å². The van der Waals surface area contributed by atoms with Crippen molar-refractivity contribution in [3.05, 3.63) is 59.8 Å². The number of carboxylic acids is 1. The first-order valence-electron chi connectivity index (χ1n) is 12.0. The van der Waals surface area contributed by atoms with Crippen LogP contribution in [0.5, 0.6) is 0 Å². The number of carbonyl (C=O) groups is 4. The Morgan fingerprint density at radius 2 is 1.83 bits per heavy atom. The molecule has 1 N–H and O–H groups in total. The first-order valence-corrected chi connectivity index (χ1v) is 12.0. The van der Waals surface area contributed by atoms with Gasteiger partial charge in [0.2, 0.25) is 0 Å². The van der Waals surface area contributed by atoms with Crippen LogP contribution in [0.25, 0.3) is 0 Å². The zero-order valence-corrected chi connectivity index (χ0v) is 19.9. The number of rotatable bonds is 4. The first-order chi connectivity index (χ1) is 17.0. The Morgan fingerprint density at radius 3 is 2.47 bits per heavy atom. The van der Waals surface area contributed by atoms with E-state index in [9.17, 15) is 28.7 Å². The smallest absolute Gasteiger partial charge is 0.338 e. The number of aliphatic carboxylic acids is 1. The summed E-state index contributed by atoms with van der Waals surface area (Å²) in [7, 11) is 0. The fraction of sp³-hybridized carbons (Fsp3) is 0.481. The fourth-order valence-electron chi connectivity index (χ4n) is 6.92. The average Bonchev–Trinajstić information content (AvgIpc) is 3.35. The molecule has 2 aromatic rings. The Kier molecular flexibility index (Phi) is 5.76. The number of carboxylic acid groups (broad SMARTS) is 1. The van der Waals surface area contributed by atoms with Gasteiger partial charge in [-0.3, -0.25) is 14.4 Å². The molecule has 0 amide bonds. The summed E-state index contributed by atoms with van der Waals surface area (Å²) >= 11 is 0. The van der Waals surface area contributed by atoms with Crippen LogP contribution in [0.3, 0.4) is 0 Å². The summed E-state index contributed by atoms with van der Waals surface area (Å²) in [5.41, 5.74) is -1.15. The Bertz CT molecular complexity index is 1200. The van der Waals surface area contributed by atoms with Crippen molar-refractivity contribution in [2.75, 3.05) is 0 Å². The van der Waals surface area contributed by atoms with Crippen LogP contribution < -0.4 is 0 Å². The number of cyclic esters (lactones) is 1. The zero-order valence-electron chi connectivity index (χ0n) is 19.9. The van der Waals surface area contributed by atoms with Crippen molar-refractivity contribution in [2.24, 2.45) is 28.6 Å². The minimum absolute atomic E-state index is 0.0541. The second-order valence-electron chi connectivity index (χ2n) is 10.7. The molecule has 1 aliphatic heterocycles. The molecular weight excluding hydrogens is 471 g/mol. The molecule has 5 rings (SSSR count). The van der Waals surface area contributed by atoms with Gasteiger partial charge in [0.05, 0.1) is 29.9 Å². The van der Waals surface area contributed by atoms with Crippen molar-refractivity contribution in [1.29, 1.82) is 0 Å². The van der Waals surface area contributed by atoms with Gasteiger partial charge in [0.15, 0.2) is 11.9 Å². The largest absolute Gasteiger partial charge is 0.481 e. The standard InChI is InChI=1S/C27H27FO8/c1-26-9-7-17-25(33)36-20(15-8-10-34-13-15)12-27(17,2)22(26)21(29)19(11-18(26)23(30)31)35-24(32)14-3-5-16(28)6-4-14/h3-6,8,10,13,17-20,22H,7,9,11-12H2,1-2H3,(H,30,31). The number of ketones is 1. The highest BCUT2D eigenvalue weighted by Gasteiger charge is 2.67. The second-order valence-corrected chi connectivity index (χ2v) is 10.7. The van der Waals surface area contributed by atoms with E-state index in [0.717, 1.165) is 12.1 Å². The molecule has 7 atom stereocenters. The molecule has 1 saturated heterocycles. The number of fused-ring (bicyclic) bond motifs is 3. The van der Waals surface area contributed by atoms with Crippen molar-refractivity contribution in [1.82, 2.24) is 0 Å². The summed E-state index contributed by atoms with van der Waals surface area (Å²) in [6.45, 7) is 3.63. The van der Waals surface area contributed by atoms with Gasteiger partial charge in [0.1, 0.15) is 11.9 Å². The highest BCUT2D eigenvalue weighted by atomic mass is 19.1. The summed E-state index contributed by atoms with van der Waals surface area (Å²) in [5, 5.41) is 10.2. The van der Waals surface area contributed by atoms with Crippen LogP contribution in [-0.2, 0) is 23.9 Å². The van der Waals surface area contributed by atoms with E-state index >= 15 is 0 Å². The molecule has 3 fully saturated rings. The Balaban J connectivity index is 1.52. The van der Waals surface area contributed by atoms with Crippen molar-refractivity contribution in [2.45, 2.75) is 51.7 Å². The van der Waals surface area contributed by atoms with E-state index < -0.39 is 70.3 Å². The zero-order chi connectivity index (χ0) is 25.8. The van der Waals surface area contributed by atoms with E-state index in [1.807, 2.05) is 6.92 Å². The molecule has 1 aromatic carbocycles. The summed E-state index contributed by atoms with van der Waals surface area (Å²) in [6.07, 6.45) is 1.91. The minimum atomic E-state index is -1.30. The molecule has 7 unspecified atom stereocenters. The highest BCUT2D eigenvalue weighted by molar-refractivity contribution is 5.96. The molecule has 190 valence electrons. The average molecular weight is 499 g/mol. The highest BCUT2D eigenvalue weighted by Crippen LogP contribution is 2.65. The third-order valence-electron chi connectivity index (χ3n) is 8.64. The predicted octanol–water partition coefficient (Wildman–Crippen LogP) is 4.34. The van der Waals surface area contributed by atoms with Crippen molar-refractivity contribution in [3.63, 3.8) is 0 Å². The third-order valence-corrected chi connectivity index (χ3v) is 8.64. The summed E-state index contributed by atoms with van der Waals surface area (Å²) in [4.78, 5) is 52.4. The monoisotopic (exact) mass is 498 g/mol. The molecule has 2 aliphatic carbocycles. The lowest BCUT2D eigenvalue weighted by atomic mass is 9.43. The summed E-state index contributed by atoms with van der Waals surface area (Å²) in [5.74, 6) is -5.67. The van der Waals surface area contributed by atoms with E-state index in [2.05, 4.69) is 0 Å². The van der Waals surface area contributed by atoms with Gasteiger partial charge in [-0.05, 0) is 60.4 Å². The quantitative estimate of drug-likeness (QED) is 0.618. The number of carbonyl (C=O) groups excluding carboxylic acids is 3. The van der Waals surface area contributed by atoms with Crippen LogP contribution in [0.2, 0.25) is 0 Å². The maximum atomic E-state index is 14.0. The lowest BCUT2D eigenvalue weighted by Gasteiger charge is -2.60. The SMILES string of the molecule is CC12CCC3C(=O)OC(c4ccoc4)CC3(C)C1C(=O)C(OC(=O)c1ccc(F)cc1)CC2C(=O)O. The Morgan fingerprint density at radius 1 is 1.11 bits per heavy atom. The third kappa shape index (κ3) is 3.72. The van der Waals surface area contributed by atoms with E-state index in [1.54, 1.807) is 13.0 Å². The summed E-state index contributed by atoms with van der Waals surface area (Å²) in [6, 6.07) is 6.39. The van der Waals surface area contributed by atoms with Gasteiger partial charge < -0.3 is 19.0 Å². The number of benzene rings is 1. The lowest BCUT2D eigenvalue weighted by molar-refractivity contribution is -0.207. The van der Waals surface area contributed by atoms with Crippen molar-refractivity contribution in [3.8, 4) is 0 Å². The van der Waals surface area contributed by atoms with Crippen LogP contribution >= 0.6 is 0 Å². The molecule has 0 bridgehead atoms. The van der Waals surface area contributed by atoms with E-state index in [-0.39, 0.29) is 12.0 Å². The van der Waals surface area contributed by atoms with Gasteiger partial charge in [-0.25, -0.2) is 9.18 Å². The number of ether oxygens (including phenoxy) is 2. The molecule has 8 nitrogen and oxygen atoms in total. The fourth-order valence-corrected chi connectivity index (χ4v) is 6.92. The van der Waals surface area contributed by atoms with Gasteiger partial charge in [-0.1, -0.05) is 13.8 Å². The van der Waals surface area contributed by atoms with Gasteiger partial charge in [0, 0.05) is 17.9 Å². The second kappa shape index (κ2) is 8.57. The van der Waals surface area contributed by atoms with Crippen LogP contribution in [-0.4, -0.2) is 34.9 Å². The maximum Gasteiger partial charge on any atom is 0.338 e. The topological polar surface area (TPSA) is 120 Å². The lowest BCUT2D eigenvalue weighted by Crippen LogP contribution is -2.64. The summed E-state index contributed by atoms with van der Waals surface area (Å²) < 4.78 is 29.7.